The predicted octanol–water partition coefficient (Wildman–Crippen LogP) is 3.02. The van der Waals surface area contributed by atoms with Gasteiger partial charge >= 0.3 is 5.97 Å². The second-order valence-corrected chi connectivity index (χ2v) is 3.76. The minimum absolute atomic E-state index is 0.338. The van der Waals surface area contributed by atoms with Gasteiger partial charge in [-0.3, -0.25) is 4.79 Å². The van der Waals surface area contributed by atoms with E-state index >= 15 is 0 Å². The summed E-state index contributed by atoms with van der Waals surface area (Å²) in [6.45, 7) is 5.27. The molecule has 82 valence electrons. The highest BCUT2D eigenvalue weighted by Gasteiger charge is 2.20. The van der Waals surface area contributed by atoms with Crippen molar-refractivity contribution in [1.29, 1.82) is 0 Å². The molecule has 1 aromatic carbocycles. The Morgan fingerprint density at radius 1 is 1.40 bits per heavy atom. The Morgan fingerprint density at radius 3 is 2.47 bits per heavy atom. The highest BCUT2D eigenvalue weighted by atomic mass is 19.1. The summed E-state index contributed by atoms with van der Waals surface area (Å²) in [5.41, 5.74) is 1.97. The van der Waals surface area contributed by atoms with Gasteiger partial charge in [-0.1, -0.05) is 13.0 Å². The fraction of sp³-hybridized carbons (Fsp3) is 0.417. The Morgan fingerprint density at radius 2 is 2.00 bits per heavy atom. The monoisotopic (exact) mass is 210 g/mol. The van der Waals surface area contributed by atoms with E-state index in [1.54, 1.807) is 19.9 Å². The molecule has 1 aromatic rings. The minimum atomic E-state index is -0.899. The maximum absolute atomic E-state index is 13.3. The van der Waals surface area contributed by atoms with Crippen LogP contribution in [-0.2, 0) is 4.79 Å². The van der Waals surface area contributed by atoms with Crippen LogP contribution in [0.3, 0.4) is 0 Å². The predicted molar refractivity (Wildman–Crippen MR) is 56.5 cm³/mol. The second kappa shape index (κ2) is 4.43. The van der Waals surface area contributed by atoms with Crippen LogP contribution in [-0.4, -0.2) is 11.1 Å². The van der Waals surface area contributed by atoms with E-state index in [1.807, 2.05) is 6.92 Å². The van der Waals surface area contributed by atoms with Gasteiger partial charge in [0.25, 0.3) is 0 Å². The summed E-state index contributed by atoms with van der Waals surface area (Å²) in [6, 6.07) is 3.03. The van der Waals surface area contributed by atoms with E-state index in [2.05, 4.69) is 0 Å². The molecule has 0 bridgehead atoms. The average molecular weight is 210 g/mol. The molecule has 1 rings (SSSR count). The topological polar surface area (TPSA) is 37.3 Å². The fourth-order valence-electron chi connectivity index (χ4n) is 1.74. The van der Waals surface area contributed by atoms with Gasteiger partial charge < -0.3 is 5.11 Å². The SMILES string of the molecule is CCC(C(=O)O)c1cc(F)c(C)cc1C. The first-order valence-electron chi connectivity index (χ1n) is 4.96. The third-order valence-electron chi connectivity index (χ3n) is 2.63. The van der Waals surface area contributed by atoms with Gasteiger partial charge in [0.1, 0.15) is 5.82 Å². The standard InChI is InChI=1S/C12H15FO2/c1-4-9(12(14)15)10-6-11(13)8(3)5-7(10)2/h5-6,9H,4H2,1-3H3,(H,14,15). The van der Waals surface area contributed by atoms with Crippen molar-refractivity contribution in [2.75, 3.05) is 0 Å². The lowest BCUT2D eigenvalue weighted by molar-refractivity contribution is -0.138. The van der Waals surface area contributed by atoms with Gasteiger partial charge in [0.2, 0.25) is 0 Å². The zero-order valence-corrected chi connectivity index (χ0v) is 9.17. The third kappa shape index (κ3) is 2.35. The van der Waals surface area contributed by atoms with Crippen LogP contribution in [0.2, 0.25) is 0 Å². The number of hydrogen-bond acceptors (Lipinski definition) is 1. The molecule has 0 aliphatic heterocycles. The fourth-order valence-corrected chi connectivity index (χ4v) is 1.74. The molecule has 1 unspecified atom stereocenters. The molecule has 0 fully saturated rings. The van der Waals surface area contributed by atoms with Crippen LogP contribution < -0.4 is 0 Å². The summed E-state index contributed by atoms with van der Waals surface area (Å²) in [5, 5.41) is 8.99. The number of carboxylic acid groups (broad SMARTS) is 1. The Bertz CT molecular complexity index is 385. The van der Waals surface area contributed by atoms with Crippen molar-refractivity contribution >= 4 is 5.97 Å². The molecule has 15 heavy (non-hydrogen) atoms. The second-order valence-electron chi connectivity index (χ2n) is 3.76. The summed E-state index contributed by atoms with van der Waals surface area (Å²) in [4.78, 5) is 11.0. The molecule has 0 aliphatic rings. The first-order chi connectivity index (χ1) is 6.97. The van der Waals surface area contributed by atoms with Crippen LogP contribution in [0.4, 0.5) is 4.39 Å². The number of hydrogen-bond donors (Lipinski definition) is 1. The third-order valence-corrected chi connectivity index (χ3v) is 2.63. The van der Waals surface area contributed by atoms with Crippen LogP contribution >= 0.6 is 0 Å². The molecule has 0 heterocycles. The van der Waals surface area contributed by atoms with Gasteiger partial charge in [-0.05, 0) is 43.0 Å². The van der Waals surface area contributed by atoms with E-state index in [9.17, 15) is 9.18 Å². The first-order valence-corrected chi connectivity index (χ1v) is 4.96. The van der Waals surface area contributed by atoms with Gasteiger partial charge in [0.15, 0.2) is 0 Å². The average Bonchev–Trinajstić information content (AvgIpc) is 2.14. The molecule has 0 saturated carbocycles. The van der Waals surface area contributed by atoms with Crippen molar-refractivity contribution in [3.63, 3.8) is 0 Å². The normalized spacial score (nSPS) is 12.5. The number of halogens is 1. The molecule has 0 aliphatic carbocycles. The van der Waals surface area contributed by atoms with E-state index in [4.69, 9.17) is 5.11 Å². The smallest absolute Gasteiger partial charge is 0.310 e. The van der Waals surface area contributed by atoms with Gasteiger partial charge in [-0.15, -0.1) is 0 Å². The molecule has 1 atom stereocenters. The molecule has 0 saturated heterocycles. The Kier molecular flexibility index (Phi) is 3.45. The van der Waals surface area contributed by atoms with E-state index < -0.39 is 11.9 Å². The minimum Gasteiger partial charge on any atom is -0.481 e. The summed E-state index contributed by atoms with van der Waals surface area (Å²) in [5.74, 6) is -1.85. The molecule has 3 heteroatoms. The van der Waals surface area contributed by atoms with Crippen molar-refractivity contribution < 1.29 is 14.3 Å². The van der Waals surface area contributed by atoms with Crippen LogP contribution in [0.15, 0.2) is 12.1 Å². The van der Waals surface area contributed by atoms with Gasteiger partial charge in [-0.25, -0.2) is 4.39 Å². The van der Waals surface area contributed by atoms with Crippen molar-refractivity contribution in [3.8, 4) is 0 Å². The zero-order chi connectivity index (χ0) is 11.6. The molecule has 2 nitrogen and oxygen atoms in total. The van der Waals surface area contributed by atoms with Crippen molar-refractivity contribution in [2.24, 2.45) is 0 Å². The Labute approximate surface area is 88.7 Å². The molecule has 0 amide bonds. The highest BCUT2D eigenvalue weighted by molar-refractivity contribution is 5.76. The van der Waals surface area contributed by atoms with Gasteiger partial charge in [0, 0.05) is 0 Å². The summed E-state index contributed by atoms with van der Waals surface area (Å²) < 4.78 is 13.3. The molecule has 1 N–H and O–H groups in total. The van der Waals surface area contributed by atoms with Crippen molar-refractivity contribution in [2.45, 2.75) is 33.1 Å². The van der Waals surface area contributed by atoms with E-state index in [0.29, 0.717) is 17.5 Å². The lowest BCUT2D eigenvalue weighted by atomic mass is 9.91. The van der Waals surface area contributed by atoms with Crippen molar-refractivity contribution in [3.05, 3.63) is 34.6 Å². The summed E-state index contributed by atoms with van der Waals surface area (Å²) in [6.07, 6.45) is 0.471. The van der Waals surface area contributed by atoms with Crippen LogP contribution in [0.5, 0.6) is 0 Å². The number of aliphatic carboxylic acids is 1. The molecular weight excluding hydrogens is 195 g/mol. The number of carboxylic acids is 1. The number of carbonyl (C=O) groups is 1. The zero-order valence-electron chi connectivity index (χ0n) is 9.17. The molecule has 0 radical (unpaired) electrons. The number of rotatable bonds is 3. The highest BCUT2D eigenvalue weighted by Crippen LogP contribution is 2.25. The number of aryl methyl sites for hydroxylation is 2. The Hall–Kier alpha value is -1.38. The molecular formula is C12H15FO2. The van der Waals surface area contributed by atoms with E-state index in [-0.39, 0.29) is 5.82 Å². The first kappa shape index (κ1) is 11.7. The quantitative estimate of drug-likeness (QED) is 0.832. The van der Waals surface area contributed by atoms with Crippen LogP contribution in [0.25, 0.3) is 0 Å². The van der Waals surface area contributed by atoms with E-state index in [1.165, 1.54) is 6.07 Å². The summed E-state index contributed by atoms with van der Waals surface area (Å²) in [7, 11) is 0. The lowest BCUT2D eigenvalue weighted by Gasteiger charge is -2.14. The lowest BCUT2D eigenvalue weighted by Crippen LogP contribution is -2.12. The summed E-state index contributed by atoms with van der Waals surface area (Å²) >= 11 is 0. The van der Waals surface area contributed by atoms with Crippen LogP contribution in [0.1, 0.15) is 36.0 Å². The van der Waals surface area contributed by atoms with Crippen LogP contribution in [0, 0.1) is 19.7 Å². The van der Waals surface area contributed by atoms with Gasteiger partial charge in [0.05, 0.1) is 5.92 Å². The molecule has 0 spiro atoms. The van der Waals surface area contributed by atoms with E-state index in [0.717, 1.165) is 5.56 Å². The molecule has 0 aromatic heterocycles. The van der Waals surface area contributed by atoms with Crippen molar-refractivity contribution in [1.82, 2.24) is 0 Å². The maximum Gasteiger partial charge on any atom is 0.310 e. The largest absolute Gasteiger partial charge is 0.481 e. The number of benzene rings is 1. The maximum atomic E-state index is 13.3. The Balaban J connectivity index is 3.24. The van der Waals surface area contributed by atoms with Gasteiger partial charge in [-0.2, -0.15) is 0 Å².